The van der Waals surface area contributed by atoms with Gasteiger partial charge in [0, 0.05) is 39.9 Å². The minimum absolute atomic E-state index is 0.0782. The Labute approximate surface area is 189 Å². The molecule has 0 atom stereocenters. The van der Waals surface area contributed by atoms with Crippen LogP contribution in [0.1, 0.15) is 26.7 Å². The van der Waals surface area contributed by atoms with E-state index in [1.165, 1.54) is 11.3 Å². The van der Waals surface area contributed by atoms with E-state index in [0.717, 1.165) is 32.7 Å². The standard InChI is InChI=1S/C25H20N4O2S/c1-17-21(24(28-31-17)18-6-3-2-4-7-18)15-29(16-23-27-12-13-32-23)25(30)20-9-10-22-19(14-20)8-5-11-26-22/h2-14H,15-16H2,1H3. The van der Waals surface area contributed by atoms with Gasteiger partial charge in [-0.15, -0.1) is 11.3 Å². The van der Waals surface area contributed by atoms with Gasteiger partial charge in [0.15, 0.2) is 0 Å². The van der Waals surface area contributed by atoms with Gasteiger partial charge in [-0.2, -0.15) is 0 Å². The number of amides is 1. The second kappa shape index (κ2) is 8.72. The first-order valence-electron chi connectivity index (χ1n) is 10.2. The fraction of sp³-hybridized carbons (Fsp3) is 0.120. The van der Waals surface area contributed by atoms with Crippen molar-refractivity contribution in [3.63, 3.8) is 0 Å². The van der Waals surface area contributed by atoms with Gasteiger partial charge in [0.25, 0.3) is 5.91 Å². The van der Waals surface area contributed by atoms with Gasteiger partial charge in [-0.3, -0.25) is 9.78 Å². The normalized spacial score (nSPS) is 11.0. The average Bonchev–Trinajstić information content (AvgIpc) is 3.48. The molecule has 0 unspecified atom stereocenters. The number of nitrogens with zero attached hydrogens (tertiary/aromatic N) is 4. The van der Waals surface area contributed by atoms with E-state index in [9.17, 15) is 4.79 Å². The van der Waals surface area contributed by atoms with Gasteiger partial charge in [-0.25, -0.2) is 4.98 Å². The molecule has 2 aromatic carbocycles. The van der Waals surface area contributed by atoms with E-state index in [4.69, 9.17) is 4.52 Å². The first-order valence-corrected chi connectivity index (χ1v) is 11.1. The Hall–Kier alpha value is -3.84. The van der Waals surface area contributed by atoms with Crippen LogP contribution in [0, 0.1) is 6.92 Å². The van der Waals surface area contributed by atoms with E-state index >= 15 is 0 Å². The van der Waals surface area contributed by atoms with Crippen LogP contribution in [0.5, 0.6) is 0 Å². The van der Waals surface area contributed by atoms with Crippen LogP contribution in [0.2, 0.25) is 0 Å². The highest BCUT2D eigenvalue weighted by molar-refractivity contribution is 7.09. The summed E-state index contributed by atoms with van der Waals surface area (Å²) in [4.78, 5) is 24.2. The highest BCUT2D eigenvalue weighted by Crippen LogP contribution is 2.28. The molecular formula is C25H20N4O2S. The van der Waals surface area contributed by atoms with Crippen molar-refractivity contribution in [3.8, 4) is 11.3 Å². The molecule has 0 radical (unpaired) electrons. The number of carbonyl (C=O) groups is 1. The maximum absolute atomic E-state index is 13.6. The predicted molar refractivity (Wildman–Crippen MR) is 124 cm³/mol. The van der Waals surface area contributed by atoms with Gasteiger partial charge in [0.1, 0.15) is 16.5 Å². The van der Waals surface area contributed by atoms with Gasteiger partial charge < -0.3 is 9.42 Å². The van der Waals surface area contributed by atoms with Crippen LogP contribution >= 0.6 is 11.3 Å². The molecule has 0 N–H and O–H groups in total. The Morgan fingerprint density at radius 2 is 1.88 bits per heavy atom. The number of hydrogen-bond donors (Lipinski definition) is 0. The lowest BCUT2D eigenvalue weighted by Gasteiger charge is -2.22. The van der Waals surface area contributed by atoms with Gasteiger partial charge in [-0.05, 0) is 31.2 Å². The minimum Gasteiger partial charge on any atom is -0.361 e. The van der Waals surface area contributed by atoms with Gasteiger partial charge in [0.05, 0.1) is 18.6 Å². The molecular weight excluding hydrogens is 420 g/mol. The van der Waals surface area contributed by atoms with E-state index in [2.05, 4.69) is 15.1 Å². The summed E-state index contributed by atoms with van der Waals surface area (Å²) in [5.74, 6) is 0.620. The molecule has 32 heavy (non-hydrogen) atoms. The van der Waals surface area contributed by atoms with Crippen LogP contribution in [0.3, 0.4) is 0 Å². The molecule has 0 fully saturated rings. The monoisotopic (exact) mass is 440 g/mol. The van der Waals surface area contributed by atoms with Crippen molar-refractivity contribution < 1.29 is 9.32 Å². The van der Waals surface area contributed by atoms with E-state index in [-0.39, 0.29) is 5.91 Å². The third kappa shape index (κ3) is 4.02. The summed E-state index contributed by atoms with van der Waals surface area (Å²) in [6.07, 6.45) is 3.50. The lowest BCUT2D eigenvalue weighted by Crippen LogP contribution is -2.30. The lowest BCUT2D eigenvalue weighted by molar-refractivity contribution is 0.0729. The fourth-order valence-corrected chi connectivity index (χ4v) is 4.31. The molecule has 0 saturated carbocycles. The first-order chi connectivity index (χ1) is 15.7. The second-order valence-electron chi connectivity index (χ2n) is 7.43. The number of aromatic nitrogens is 3. The number of benzene rings is 2. The molecule has 5 aromatic rings. The quantitative estimate of drug-likeness (QED) is 0.349. The number of thiazole rings is 1. The van der Waals surface area contributed by atoms with Crippen molar-refractivity contribution in [1.29, 1.82) is 0 Å². The molecule has 0 aliphatic heterocycles. The molecule has 158 valence electrons. The third-order valence-corrected chi connectivity index (χ3v) is 6.09. The molecule has 0 bridgehead atoms. The summed E-state index contributed by atoms with van der Waals surface area (Å²) in [5, 5.41) is 7.99. The number of hydrogen-bond acceptors (Lipinski definition) is 6. The van der Waals surface area contributed by atoms with Crippen LogP contribution in [0.25, 0.3) is 22.2 Å². The molecule has 0 spiro atoms. The topological polar surface area (TPSA) is 72.1 Å². The third-order valence-electron chi connectivity index (χ3n) is 5.33. The molecule has 6 nitrogen and oxygen atoms in total. The van der Waals surface area contributed by atoms with Crippen LogP contribution in [0.15, 0.2) is 83.0 Å². The van der Waals surface area contributed by atoms with Crippen molar-refractivity contribution in [2.45, 2.75) is 20.0 Å². The van der Waals surface area contributed by atoms with E-state index in [0.29, 0.717) is 24.4 Å². The van der Waals surface area contributed by atoms with E-state index in [1.807, 2.05) is 73.0 Å². The summed E-state index contributed by atoms with van der Waals surface area (Å²) in [7, 11) is 0. The maximum atomic E-state index is 13.6. The Kier molecular flexibility index (Phi) is 5.47. The van der Waals surface area contributed by atoms with Crippen molar-refractivity contribution in [3.05, 3.63) is 100 Å². The summed E-state index contributed by atoms with van der Waals surface area (Å²) in [5.41, 5.74) is 4.07. The number of fused-ring (bicyclic) bond motifs is 1. The fourth-order valence-electron chi connectivity index (χ4n) is 3.68. The largest absolute Gasteiger partial charge is 0.361 e. The maximum Gasteiger partial charge on any atom is 0.254 e. The second-order valence-corrected chi connectivity index (χ2v) is 8.41. The van der Waals surface area contributed by atoms with E-state index in [1.54, 1.807) is 17.3 Å². The number of rotatable bonds is 6. The van der Waals surface area contributed by atoms with Crippen LogP contribution in [-0.2, 0) is 13.1 Å². The summed E-state index contributed by atoms with van der Waals surface area (Å²) >= 11 is 1.53. The highest BCUT2D eigenvalue weighted by Gasteiger charge is 2.23. The van der Waals surface area contributed by atoms with Gasteiger partial charge >= 0.3 is 0 Å². The van der Waals surface area contributed by atoms with Crippen LogP contribution in [0.4, 0.5) is 0 Å². The summed E-state index contributed by atoms with van der Waals surface area (Å²) in [6.45, 7) is 2.64. The smallest absolute Gasteiger partial charge is 0.254 e. The van der Waals surface area contributed by atoms with Crippen molar-refractivity contribution in [1.82, 2.24) is 20.0 Å². The molecule has 5 rings (SSSR count). The highest BCUT2D eigenvalue weighted by atomic mass is 32.1. The molecule has 3 heterocycles. The Bertz CT molecular complexity index is 1360. The zero-order chi connectivity index (χ0) is 21.9. The van der Waals surface area contributed by atoms with Crippen molar-refractivity contribution >= 4 is 28.1 Å². The number of carbonyl (C=O) groups excluding carboxylic acids is 1. The van der Waals surface area contributed by atoms with Gasteiger partial charge in [0.2, 0.25) is 0 Å². The van der Waals surface area contributed by atoms with Crippen molar-refractivity contribution in [2.75, 3.05) is 0 Å². The summed E-state index contributed by atoms with van der Waals surface area (Å²) < 4.78 is 5.52. The van der Waals surface area contributed by atoms with Crippen molar-refractivity contribution in [2.24, 2.45) is 0 Å². The molecule has 7 heteroatoms. The Balaban J connectivity index is 1.52. The molecule has 0 saturated heterocycles. The number of aryl methyl sites for hydroxylation is 1. The number of pyridine rings is 1. The lowest BCUT2D eigenvalue weighted by atomic mass is 10.0. The Morgan fingerprint density at radius 1 is 1.00 bits per heavy atom. The zero-order valence-corrected chi connectivity index (χ0v) is 18.2. The van der Waals surface area contributed by atoms with Crippen LogP contribution < -0.4 is 0 Å². The molecule has 1 amide bonds. The Morgan fingerprint density at radius 3 is 2.69 bits per heavy atom. The minimum atomic E-state index is -0.0782. The SMILES string of the molecule is Cc1onc(-c2ccccc2)c1CN(Cc1nccs1)C(=O)c1ccc2ncccc2c1. The molecule has 0 aliphatic carbocycles. The van der Waals surface area contributed by atoms with Crippen LogP contribution in [-0.4, -0.2) is 25.9 Å². The molecule has 0 aliphatic rings. The van der Waals surface area contributed by atoms with Gasteiger partial charge in [-0.1, -0.05) is 41.6 Å². The zero-order valence-electron chi connectivity index (χ0n) is 17.4. The van der Waals surface area contributed by atoms with E-state index < -0.39 is 0 Å². The molecule has 3 aromatic heterocycles. The summed E-state index contributed by atoms with van der Waals surface area (Å²) in [6, 6.07) is 19.3. The first kappa shape index (κ1) is 20.1. The average molecular weight is 441 g/mol. The predicted octanol–water partition coefficient (Wildman–Crippen LogP) is 5.50.